The maximum atomic E-state index is 14.0. The van der Waals surface area contributed by atoms with Gasteiger partial charge in [0.15, 0.2) is 5.96 Å². The number of likely N-dealkylation sites (N-methyl/N-ethyl adjacent to an activating group) is 1. The summed E-state index contributed by atoms with van der Waals surface area (Å²) < 4.78 is 19.1. The van der Waals surface area contributed by atoms with Crippen molar-refractivity contribution in [3.05, 3.63) is 35.6 Å². The summed E-state index contributed by atoms with van der Waals surface area (Å²) in [6.45, 7) is 4.04. The van der Waals surface area contributed by atoms with Gasteiger partial charge in [0.05, 0.1) is 6.61 Å². The summed E-state index contributed by atoms with van der Waals surface area (Å²) in [6.07, 6.45) is 2.02. The van der Waals surface area contributed by atoms with Crippen molar-refractivity contribution in [1.82, 2.24) is 15.5 Å². The topological polar surface area (TPSA) is 48.9 Å². The molecule has 0 unspecified atom stereocenters. The van der Waals surface area contributed by atoms with Crippen LogP contribution in [0.1, 0.15) is 18.4 Å². The number of rotatable bonds is 9. The van der Waals surface area contributed by atoms with Gasteiger partial charge in [0.2, 0.25) is 0 Å². The molecule has 7 heteroatoms. The first-order valence-corrected chi connectivity index (χ1v) is 8.48. The van der Waals surface area contributed by atoms with Gasteiger partial charge in [0.1, 0.15) is 5.82 Å². The van der Waals surface area contributed by atoms with Crippen LogP contribution in [0.15, 0.2) is 29.3 Å². The molecule has 5 nitrogen and oxygen atoms in total. The fourth-order valence-corrected chi connectivity index (χ4v) is 2.78. The standard InChI is InChI=1S/C18H29FN4O.HI/c1-20-17(21-10-11-23(2)12-13-24-3)22-14-18(8-9-18)15-6-4-5-7-16(15)19;/h4-7H,8-14H2,1-3H3,(H2,20,21,22);1H. The van der Waals surface area contributed by atoms with Gasteiger partial charge in [-0.25, -0.2) is 4.39 Å². The molecule has 2 rings (SSSR count). The Morgan fingerprint density at radius 2 is 2.00 bits per heavy atom. The molecule has 0 aliphatic heterocycles. The Morgan fingerprint density at radius 3 is 2.60 bits per heavy atom. The second kappa shape index (κ2) is 10.9. The predicted molar refractivity (Wildman–Crippen MR) is 111 cm³/mol. The largest absolute Gasteiger partial charge is 0.383 e. The van der Waals surface area contributed by atoms with E-state index in [4.69, 9.17) is 4.74 Å². The molecule has 0 saturated heterocycles. The van der Waals surface area contributed by atoms with Crippen LogP contribution in [-0.4, -0.2) is 64.9 Å². The van der Waals surface area contributed by atoms with E-state index in [-0.39, 0.29) is 35.2 Å². The molecule has 0 spiro atoms. The lowest BCUT2D eigenvalue weighted by molar-refractivity contribution is 0.162. The van der Waals surface area contributed by atoms with E-state index in [0.717, 1.165) is 50.6 Å². The number of aliphatic imine (C=N–C) groups is 1. The number of methoxy groups -OCH3 is 1. The third kappa shape index (κ3) is 6.71. The summed E-state index contributed by atoms with van der Waals surface area (Å²) in [7, 11) is 5.53. The second-order valence-electron chi connectivity index (χ2n) is 6.41. The van der Waals surface area contributed by atoms with Gasteiger partial charge in [0, 0.05) is 45.8 Å². The van der Waals surface area contributed by atoms with Gasteiger partial charge in [-0.05, 0) is 31.5 Å². The summed E-state index contributed by atoms with van der Waals surface area (Å²) in [4.78, 5) is 6.45. The van der Waals surface area contributed by atoms with E-state index in [1.165, 1.54) is 0 Å². The Bertz CT molecular complexity index is 552. The molecular formula is C18H30FIN4O. The quantitative estimate of drug-likeness (QED) is 0.335. The molecule has 0 aromatic heterocycles. The summed E-state index contributed by atoms with van der Waals surface area (Å²) in [5.41, 5.74) is 0.727. The fourth-order valence-electron chi connectivity index (χ4n) is 2.78. The first-order valence-electron chi connectivity index (χ1n) is 8.48. The molecule has 1 aliphatic rings. The maximum Gasteiger partial charge on any atom is 0.191 e. The predicted octanol–water partition coefficient (Wildman–Crippen LogP) is 2.22. The van der Waals surface area contributed by atoms with E-state index in [1.54, 1.807) is 26.3 Å². The van der Waals surface area contributed by atoms with Crippen LogP contribution in [0, 0.1) is 5.82 Å². The molecular weight excluding hydrogens is 434 g/mol. The highest BCUT2D eigenvalue weighted by Crippen LogP contribution is 2.48. The number of halogens is 2. The molecule has 25 heavy (non-hydrogen) atoms. The van der Waals surface area contributed by atoms with E-state index in [1.807, 2.05) is 12.1 Å². The van der Waals surface area contributed by atoms with E-state index >= 15 is 0 Å². The van der Waals surface area contributed by atoms with Gasteiger partial charge >= 0.3 is 0 Å². The van der Waals surface area contributed by atoms with Crippen molar-refractivity contribution in [3.63, 3.8) is 0 Å². The number of nitrogens with one attached hydrogen (secondary N) is 2. The molecule has 0 amide bonds. The number of benzene rings is 1. The molecule has 0 atom stereocenters. The maximum absolute atomic E-state index is 14.0. The van der Waals surface area contributed by atoms with Crippen molar-refractivity contribution in [2.24, 2.45) is 4.99 Å². The van der Waals surface area contributed by atoms with Crippen LogP contribution < -0.4 is 10.6 Å². The van der Waals surface area contributed by atoms with E-state index in [2.05, 4.69) is 27.6 Å². The van der Waals surface area contributed by atoms with Crippen molar-refractivity contribution in [2.75, 3.05) is 54.0 Å². The molecule has 1 aromatic rings. The van der Waals surface area contributed by atoms with Crippen molar-refractivity contribution in [1.29, 1.82) is 0 Å². The van der Waals surface area contributed by atoms with Crippen LogP contribution in [0.3, 0.4) is 0 Å². The van der Waals surface area contributed by atoms with Crippen LogP contribution in [0.5, 0.6) is 0 Å². The van der Waals surface area contributed by atoms with Gasteiger partial charge in [-0.15, -0.1) is 24.0 Å². The molecule has 0 radical (unpaired) electrons. The van der Waals surface area contributed by atoms with E-state index in [0.29, 0.717) is 6.54 Å². The number of guanidine groups is 1. The number of hydrogen-bond donors (Lipinski definition) is 2. The highest BCUT2D eigenvalue weighted by atomic mass is 127. The van der Waals surface area contributed by atoms with E-state index in [9.17, 15) is 4.39 Å². The molecule has 142 valence electrons. The molecule has 1 aromatic carbocycles. The molecule has 0 bridgehead atoms. The zero-order valence-corrected chi connectivity index (χ0v) is 17.7. The Hall–Kier alpha value is -0.930. The van der Waals surface area contributed by atoms with Crippen LogP contribution >= 0.6 is 24.0 Å². The Morgan fingerprint density at radius 1 is 1.28 bits per heavy atom. The smallest absolute Gasteiger partial charge is 0.191 e. The van der Waals surface area contributed by atoms with Crippen LogP contribution in [0.4, 0.5) is 4.39 Å². The minimum Gasteiger partial charge on any atom is -0.383 e. The normalized spacial score (nSPS) is 15.6. The molecule has 1 saturated carbocycles. The molecule has 2 N–H and O–H groups in total. The number of nitrogens with zero attached hydrogens (tertiary/aromatic N) is 2. The molecule has 1 fully saturated rings. The third-order valence-electron chi connectivity index (χ3n) is 4.58. The van der Waals surface area contributed by atoms with Crippen LogP contribution in [0.25, 0.3) is 0 Å². The second-order valence-corrected chi connectivity index (χ2v) is 6.41. The average molecular weight is 464 g/mol. The highest BCUT2D eigenvalue weighted by molar-refractivity contribution is 14.0. The zero-order chi connectivity index (χ0) is 17.4. The third-order valence-corrected chi connectivity index (χ3v) is 4.58. The number of hydrogen-bond acceptors (Lipinski definition) is 3. The molecule has 0 heterocycles. The van der Waals surface area contributed by atoms with Gasteiger partial charge in [-0.2, -0.15) is 0 Å². The summed E-state index contributed by atoms with van der Waals surface area (Å²) in [6, 6.07) is 7.08. The first kappa shape index (κ1) is 22.1. The van der Waals surface area contributed by atoms with Crippen molar-refractivity contribution >= 4 is 29.9 Å². The van der Waals surface area contributed by atoms with Crippen molar-refractivity contribution in [3.8, 4) is 0 Å². The zero-order valence-electron chi connectivity index (χ0n) is 15.3. The van der Waals surface area contributed by atoms with Gasteiger partial charge < -0.3 is 20.3 Å². The van der Waals surface area contributed by atoms with Gasteiger partial charge in [0.25, 0.3) is 0 Å². The Kier molecular flexibility index (Phi) is 9.66. The molecule has 1 aliphatic carbocycles. The minimum atomic E-state index is -0.112. The van der Waals surface area contributed by atoms with Crippen LogP contribution in [-0.2, 0) is 10.2 Å². The SMILES string of the molecule is CN=C(NCCN(C)CCOC)NCC1(c2ccccc2F)CC1.I. The summed E-state index contributed by atoms with van der Waals surface area (Å²) >= 11 is 0. The Labute approximate surface area is 167 Å². The lowest BCUT2D eigenvalue weighted by Crippen LogP contribution is -2.44. The lowest BCUT2D eigenvalue weighted by atomic mass is 9.95. The van der Waals surface area contributed by atoms with Crippen molar-refractivity contribution in [2.45, 2.75) is 18.3 Å². The number of ether oxygens (including phenoxy) is 1. The fraction of sp³-hybridized carbons (Fsp3) is 0.611. The van der Waals surface area contributed by atoms with E-state index < -0.39 is 0 Å². The monoisotopic (exact) mass is 464 g/mol. The average Bonchev–Trinajstić information content (AvgIpc) is 3.37. The van der Waals surface area contributed by atoms with Gasteiger partial charge in [-0.1, -0.05) is 18.2 Å². The Balaban J connectivity index is 0.00000312. The van der Waals surface area contributed by atoms with Crippen molar-refractivity contribution < 1.29 is 9.13 Å². The lowest BCUT2D eigenvalue weighted by Gasteiger charge is -2.21. The summed E-state index contributed by atoms with van der Waals surface area (Å²) in [5, 5.41) is 6.65. The van der Waals surface area contributed by atoms with Crippen LogP contribution in [0.2, 0.25) is 0 Å². The minimum absolute atomic E-state index is 0. The first-order chi connectivity index (χ1) is 11.6. The highest BCUT2D eigenvalue weighted by Gasteiger charge is 2.45. The van der Waals surface area contributed by atoms with Gasteiger partial charge in [-0.3, -0.25) is 4.99 Å². The summed E-state index contributed by atoms with van der Waals surface area (Å²) in [5.74, 6) is 0.650.